The average Bonchev–Trinajstić information content (AvgIpc) is 3.96. The molecule has 5 amide bonds. The summed E-state index contributed by atoms with van der Waals surface area (Å²) in [6.07, 6.45) is 11.6. The van der Waals surface area contributed by atoms with Crippen molar-refractivity contribution in [1.82, 2.24) is 39.5 Å². The number of fused-ring (bicyclic) bond motifs is 2. The fourth-order valence-corrected chi connectivity index (χ4v) is 10.3. The summed E-state index contributed by atoms with van der Waals surface area (Å²) in [6.45, 7) is 0.912. The molecule has 16 nitrogen and oxygen atoms in total. The van der Waals surface area contributed by atoms with Crippen LogP contribution in [0.5, 0.6) is 0 Å². The van der Waals surface area contributed by atoms with Crippen LogP contribution in [0.2, 0.25) is 0 Å². The van der Waals surface area contributed by atoms with E-state index in [9.17, 15) is 37.9 Å². The van der Waals surface area contributed by atoms with Crippen LogP contribution in [0.25, 0.3) is 5.65 Å². The Kier molecular flexibility index (Phi) is 11.6. The van der Waals surface area contributed by atoms with E-state index in [1.165, 1.54) is 16.9 Å². The van der Waals surface area contributed by atoms with Gasteiger partial charge < -0.3 is 20.6 Å². The lowest BCUT2D eigenvalue weighted by atomic mass is 9.84. The van der Waals surface area contributed by atoms with Gasteiger partial charge in [-0.05, 0) is 115 Å². The number of alkyl halides is 2. The molecule has 1 aromatic carbocycles. The lowest BCUT2D eigenvalue weighted by Crippen LogP contribution is -2.54. The van der Waals surface area contributed by atoms with Crippen LogP contribution in [0, 0.1) is 5.92 Å². The number of piperidine rings is 1. The van der Waals surface area contributed by atoms with Crippen molar-refractivity contribution < 1.29 is 37.9 Å². The van der Waals surface area contributed by atoms with Gasteiger partial charge in [-0.3, -0.25) is 38.9 Å². The van der Waals surface area contributed by atoms with Gasteiger partial charge in [0.25, 0.3) is 24.1 Å². The van der Waals surface area contributed by atoms with Crippen molar-refractivity contribution in [3.63, 3.8) is 0 Å². The Morgan fingerprint density at radius 3 is 2.42 bits per heavy atom. The van der Waals surface area contributed by atoms with E-state index in [-0.39, 0.29) is 59.3 Å². The minimum atomic E-state index is -2.88. The number of carbonyl (C=O) groups is 5. The highest BCUT2D eigenvalue weighted by molar-refractivity contribution is 6.25. The molecule has 9 rings (SSSR count). The predicted octanol–water partition coefficient (Wildman–Crippen LogP) is 5.62. The normalized spacial score (nSPS) is 26.9. The third-order valence-electron chi connectivity index (χ3n) is 13.9. The molecule has 3 aromatic heterocycles. The first-order valence-corrected chi connectivity index (χ1v) is 21.9. The van der Waals surface area contributed by atoms with Crippen LogP contribution in [-0.2, 0) is 9.59 Å². The highest BCUT2D eigenvalue weighted by Gasteiger charge is 2.46. The molecule has 18 heteroatoms. The number of rotatable bonds is 11. The number of aromatic nitrogens is 5. The van der Waals surface area contributed by atoms with Crippen LogP contribution < -0.4 is 16.0 Å². The number of aliphatic hydroxyl groups excluding tert-OH is 1. The summed E-state index contributed by atoms with van der Waals surface area (Å²) in [6, 6.07) is 6.39. The van der Waals surface area contributed by atoms with E-state index in [1.54, 1.807) is 29.1 Å². The molecule has 62 heavy (non-hydrogen) atoms. The molecule has 0 spiro atoms. The van der Waals surface area contributed by atoms with E-state index in [2.05, 4.69) is 38.1 Å². The number of nitrogens with one attached hydrogen (secondary N) is 3. The number of halogens is 2. The first kappa shape index (κ1) is 41.7. The van der Waals surface area contributed by atoms with Crippen LogP contribution in [0.15, 0.2) is 42.9 Å². The molecule has 4 N–H and O–H groups in total. The molecular formula is C44H52F2N10O6. The summed E-state index contributed by atoms with van der Waals surface area (Å²) < 4.78 is 31.7. The number of imide groups is 2. The largest absolute Gasteiger partial charge is 0.393 e. The van der Waals surface area contributed by atoms with Crippen molar-refractivity contribution in [3.05, 3.63) is 70.9 Å². The molecule has 5 heterocycles. The quantitative estimate of drug-likeness (QED) is 0.137. The molecule has 0 radical (unpaired) electrons. The SMILES string of the molecule is CN(CC1CCC(n2cc(NC(=O)c3cnn4ccc(C5CCC(O)CC5)nc34)c(C(F)F)n2)CC1)C1CCC(Nc2cccc3c2C(=O)N(C2CCC(=O)NC2=O)C3=O)CC1. The Bertz CT molecular complexity index is 2380. The van der Waals surface area contributed by atoms with Crippen molar-refractivity contribution in [2.75, 3.05) is 24.2 Å². The molecule has 1 saturated heterocycles. The van der Waals surface area contributed by atoms with Gasteiger partial charge in [-0.25, -0.2) is 18.3 Å². The molecule has 4 fully saturated rings. The number of anilines is 2. The van der Waals surface area contributed by atoms with Gasteiger partial charge in [0.2, 0.25) is 11.8 Å². The topological polar surface area (TPSA) is 196 Å². The third-order valence-corrected chi connectivity index (χ3v) is 13.9. The maximum absolute atomic E-state index is 14.3. The Hall–Kier alpha value is -5.62. The Morgan fingerprint density at radius 2 is 1.69 bits per heavy atom. The number of aliphatic hydroxyl groups is 1. The lowest BCUT2D eigenvalue weighted by molar-refractivity contribution is -0.136. The molecule has 1 atom stereocenters. The smallest absolute Gasteiger partial charge is 0.284 e. The number of hydrogen-bond acceptors (Lipinski definition) is 11. The van der Waals surface area contributed by atoms with E-state index < -0.39 is 47.7 Å². The van der Waals surface area contributed by atoms with Crippen molar-refractivity contribution >= 4 is 46.6 Å². The second-order valence-corrected chi connectivity index (χ2v) is 17.8. The standard InChI is InChI=1S/C44H52F2N10O6/c1-53(27-13-9-26(10-14-27)48-33-4-2-3-30-37(33)44(62)56(43(30)61)35-17-18-36(58)51-42(35)60)22-24-5-11-28(12-6-24)55-23-34(38(52-55)39(45)46)50-41(59)31-21-47-54-20-19-32(49-40(31)54)25-7-15-29(57)16-8-25/h2-4,19-21,23-29,35,39,48,57H,5-18,22H2,1H3,(H,50,59)(H,51,58,60). The van der Waals surface area contributed by atoms with Crippen LogP contribution in [-0.4, -0.2) is 107 Å². The van der Waals surface area contributed by atoms with Crippen molar-refractivity contribution in [1.29, 1.82) is 0 Å². The molecule has 4 aromatic rings. The van der Waals surface area contributed by atoms with Gasteiger partial charge in [-0.1, -0.05) is 6.07 Å². The Labute approximate surface area is 356 Å². The summed E-state index contributed by atoms with van der Waals surface area (Å²) in [7, 11) is 2.15. The molecule has 328 valence electrons. The van der Waals surface area contributed by atoms with Crippen molar-refractivity contribution in [2.24, 2.45) is 5.92 Å². The fraction of sp³-hybridized carbons (Fsp3) is 0.545. The summed E-state index contributed by atoms with van der Waals surface area (Å²) >= 11 is 0. The number of carbonyl (C=O) groups excluding carboxylic acids is 5. The zero-order valence-electron chi connectivity index (χ0n) is 34.6. The number of benzene rings is 1. The molecule has 5 aliphatic rings. The summed E-state index contributed by atoms with van der Waals surface area (Å²) in [5, 5.41) is 26.9. The summed E-state index contributed by atoms with van der Waals surface area (Å²) in [5.74, 6) is -2.09. The Morgan fingerprint density at radius 1 is 0.935 bits per heavy atom. The molecule has 3 aliphatic carbocycles. The maximum Gasteiger partial charge on any atom is 0.284 e. The summed E-state index contributed by atoms with van der Waals surface area (Å²) in [4.78, 5) is 72.8. The van der Waals surface area contributed by atoms with Crippen molar-refractivity contribution in [3.8, 4) is 0 Å². The number of amides is 5. The van der Waals surface area contributed by atoms with Crippen LogP contribution in [0.1, 0.15) is 151 Å². The van der Waals surface area contributed by atoms with Gasteiger partial charge in [0, 0.05) is 54.7 Å². The maximum atomic E-state index is 14.3. The van der Waals surface area contributed by atoms with Gasteiger partial charge >= 0.3 is 0 Å². The van der Waals surface area contributed by atoms with Crippen LogP contribution >= 0.6 is 0 Å². The Balaban J connectivity index is 0.766. The van der Waals surface area contributed by atoms with Crippen molar-refractivity contribution in [2.45, 2.75) is 133 Å². The minimum Gasteiger partial charge on any atom is -0.393 e. The zero-order chi connectivity index (χ0) is 43.2. The van der Waals surface area contributed by atoms with Gasteiger partial charge in [0.05, 0.1) is 35.2 Å². The highest BCUT2D eigenvalue weighted by atomic mass is 19.3. The fourth-order valence-electron chi connectivity index (χ4n) is 10.3. The predicted molar refractivity (Wildman–Crippen MR) is 222 cm³/mol. The second-order valence-electron chi connectivity index (χ2n) is 17.8. The van der Waals surface area contributed by atoms with Crippen LogP contribution in [0.4, 0.5) is 20.2 Å². The monoisotopic (exact) mass is 854 g/mol. The molecule has 0 bridgehead atoms. The molecular weight excluding hydrogens is 803 g/mol. The molecule has 1 unspecified atom stereocenters. The van der Waals surface area contributed by atoms with E-state index >= 15 is 0 Å². The second kappa shape index (κ2) is 17.3. The minimum absolute atomic E-state index is 0.0281. The zero-order valence-corrected chi connectivity index (χ0v) is 34.6. The molecule has 2 aliphatic heterocycles. The van der Waals surface area contributed by atoms with Crippen LogP contribution in [0.3, 0.4) is 0 Å². The molecule has 3 saturated carbocycles. The first-order chi connectivity index (χ1) is 29.9. The number of hydrogen-bond donors (Lipinski definition) is 4. The van der Waals surface area contributed by atoms with Gasteiger partial charge in [-0.15, -0.1) is 0 Å². The van der Waals surface area contributed by atoms with Gasteiger partial charge in [0.1, 0.15) is 11.6 Å². The van der Waals surface area contributed by atoms with E-state index in [0.29, 0.717) is 36.1 Å². The summed E-state index contributed by atoms with van der Waals surface area (Å²) in [5.41, 5.74) is 1.95. The van der Waals surface area contributed by atoms with E-state index in [1.807, 2.05) is 6.07 Å². The third kappa shape index (κ3) is 8.21. The van der Waals surface area contributed by atoms with Gasteiger partial charge in [0.15, 0.2) is 11.3 Å². The number of nitrogens with zero attached hydrogens (tertiary/aromatic N) is 7. The van der Waals surface area contributed by atoms with Gasteiger partial charge in [-0.2, -0.15) is 10.2 Å². The van der Waals surface area contributed by atoms with E-state index in [0.717, 1.165) is 81.3 Å². The highest BCUT2D eigenvalue weighted by Crippen LogP contribution is 2.38. The lowest BCUT2D eigenvalue weighted by Gasteiger charge is -2.38. The average molecular weight is 855 g/mol. The van der Waals surface area contributed by atoms with E-state index in [4.69, 9.17) is 4.98 Å². The first-order valence-electron chi connectivity index (χ1n) is 21.9.